The fourth-order valence-electron chi connectivity index (χ4n) is 4.35. The van der Waals surface area contributed by atoms with Gasteiger partial charge in [0.15, 0.2) is 0 Å². The molecule has 7 heteroatoms. The van der Waals surface area contributed by atoms with Gasteiger partial charge >= 0.3 is 5.69 Å². The molecule has 1 aromatic heterocycles. The quantitative estimate of drug-likeness (QED) is 0.299. The van der Waals surface area contributed by atoms with Crippen LogP contribution >= 0.6 is 11.6 Å². The standard InChI is InChI=1S/C29H24ClFN2O3/c1-29(2,36)21-8-6-17-4-5-18(12-20(17)13-21)23-15-22(31)16-24(27(23)34)19-7-9-26(25(30)14-19)33-11-10-32(3)28(33)35/h4-16,34,36H,1-3H3. The molecule has 0 fully saturated rings. The number of aliphatic hydroxyl groups is 1. The molecule has 0 aliphatic carbocycles. The highest BCUT2D eigenvalue weighted by atomic mass is 35.5. The van der Waals surface area contributed by atoms with Gasteiger partial charge in [-0.3, -0.25) is 4.57 Å². The maximum atomic E-state index is 14.8. The van der Waals surface area contributed by atoms with Crippen LogP contribution in [0.3, 0.4) is 0 Å². The summed E-state index contributed by atoms with van der Waals surface area (Å²) in [6.07, 6.45) is 3.25. The number of rotatable bonds is 4. The summed E-state index contributed by atoms with van der Waals surface area (Å²) in [5, 5.41) is 23.7. The predicted molar refractivity (Wildman–Crippen MR) is 141 cm³/mol. The first kappa shape index (κ1) is 23.9. The molecule has 4 aromatic carbocycles. The van der Waals surface area contributed by atoms with Gasteiger partial charge in [-0.1, -0.05) is 41.9 Å². The molecule has 0 bridgehead atoms. The summed E-state index contributed by atoms with van der Waals surface area (Å²) in [5.74, 6) is -0.599. The largest absolute Gasteiger partial charge is 0.507 e. The first-order chi connectivity index (χ1) is 17.0. The van der Waals surface area contributed by atoms with Crippen LogP contribution in [0.2, 0.25) is 5.02 Å². The van der Waals surface area contributed by atoms with Crippen LogP contribution < -0.4 is 5.69 Å². The second-order valence-corrected chi connectivity index (χ2v) is 9.82. The van der Waals surface area contributed by atoms with Crippen molar-refractivity contribution in [2.75, 3.05) is 0 Å². The summed E-state index contributed by atoms with van der Waals surface area (Å²) in [6, 6.07) is 18.8. The van der Waals surface area contributed by atoms with E-state index < -0.39 is 11.4 Å². The van der Waals surface area contributed by atoms with Crippen molar-refractivity contribution in [2.45, 2.75) is 19.4 Å². The van der Waals surface area contributed by atoms with Crippen molar-refractivity contribution in [3.63, 3.8) is 0 Å². The van der Waals surface area contributed by atoms with E-state index in [2.05, 4.69) is 0 Å². The lowest BCUT2D eigenvalue weighted by Gasteiger charge is -2.18. The van der Waals surface area contributed by atoms with Crippen LogP contribution in [0.15, 0.2) is 83.9 Å². The Morgan fingerprint density at radius 2 is 1.50 bits per heavy atom. The van der Waals surface area contributed by atoms with Crippen LogP contribution in [-0.2, 0) is 12.6 Å². The molecule has 0 spiro atoms. The Morgan fingerprint density at radius 3 is 2.11 bits per heavy atom. The summed E-state index contributed by atoms with van der Waals surface area (Å²) < 4.78 is 17.6. The van der Waals surface area contributed by atoms with E-state index in [1.807, 2.05) is 36.4 Å². The Balaban J connectivity index is 1.61. The highest BCUT2D eigenvalue weighted by molar-refractivity contribution is 6.32. The van der Waals surface area contributed by atoms with Crippen molar-refractivity contribution in [1.29, 1.82) is 0 Å². The van der Waals surface area contributed by atoms with Crippen LogP contribution in [0.1, 0.15) is 19.4 Å². The minimum Gasteiger partial charge on any atom is -0.507 e. The van der Waals surface area contributed by atoms with E-state index in [-0.39, 0.29) is 22.0 Å². The molecule has 0 radical (unpaired) electrons. The third-order valence-corrected chi connectivity index (χ3v) is 6.70. The van der Waals surface area contributed by atoms with Crippen molar-refractivity contribution in [3.8, 4) is 33.7 Å². The predicted octanol–water partition coefficient (Wildman–Crippen LogP) is 6.39. The van der Waals surface area contributed by atoms with Crippen molar-refractivity contribution < 1.29 is 14.6 Å². The fourth-order valence-corrected chi connectivity index (χ4v) is 4.62. The van der Waals surface area contributed by atoms with Crippen molar-refractivity contribution in [3.05, 3.63) is 106 Å². The van der Waals surface area contributed by atoms with Crippen molar-refractivity contribution in [2.24, 2.45) is 7.05 Å². The van der Waals surface area contributed by atoms with Gasteiger partial charge in [0.2, 0.25) is 0 Å². The zero-order valence-electron chi connectivity index (χ0n) is 20.0. The lowest BCUT2D eigenvalue weighted by atomic mass is 9.92. The van der Waals surface area contributed by atoms with E-state index in [0.29, 0.717) is 22.4 Å². The van der Waals surface area contributed by atoms with E-state index in [0.717, 1.165) is 16.3 Å². The molecule has 2 N–H and O–H groups in total. The molecule has 5 aromatic rings. The van der Waals surface area contributed by atoms with Crippen LogP contribution in [-0.4, -0.2) is 19.3 Å². The molecule has 0 saturated heterocycles. The van der Waals surface area contributed by atoms with E-state index in [9.17, 15) is 19.4 Å². The molecule has 0 atom stereocenters. The summed E-state index contributed by atoms with van der Waals surface area (Å²) in [6.45, 7) is 3.43. The Morgan fingerprint density at radius 1 is 0.861 bits per heavy atom. The molecule has 5 nitrogen and oxygen atoms in total. The highest BCUT2D eigenvalue weighted by Crippen LogP contribution is 2.41. The number of benzene rings is 4. The normalized spacial score (nSPS) is 11.8. The average molecular weight is 503 g/mol. The Kier molecular flexibility index (Phi) is 5.74. The SMILES string of the molecule is Cn1ccn(-c2ccc(-c3cc(F)cc(-c4ccc5ccc(C(C)(C)O)cc5c4)c3O)cc2Cl)c1=O. The van der Waals surface area contributed by atoms with Gasteiger partial charge < -0.3 is 14.8 Å². The number of hydrogen-bond donors (Lipinski definition) is 2. The number of hydrogen-bond acceptors (Lipinski definition) is 3. The van der Waals surface area contributed by atoms with Gasteiger partial charge in [-0.05, 0) is 77.7 Å². The zero-order chi connectivity index (χ0) is 25.8. The van der Waals surface area contributed by atoms with Gasteiger partial charge in [0.25, 0.3) is 0 Å². The van der Waals surface area contributed by atoms with E-state index in [1.54, 1.807) is 51.5 Å². The van der Waals surface area contributed by atoms with E-state index in [1.165, 1.54) is 21.3 Å². The summed E-state index contributed by atoms with van der Waals surface area (Å²) in [7, 11) is 1.64. The number of nitrogens with zero attached hydrogens (tertiary/aromatic N) is 2. The molecule has 0 amide bonds. The van der Waals surface area contributed by atoms with Gasteiger partial charge in [-0.2, -0.15) is 0 Å². The van der Waals surface area contributed by atoms with Crippen LogP contribution in [0, 0.1) is 5.82 Å². The van der Waals surface area contributed by atoms with E-state index in [4.69, 9.17) is 11.6 Å². The third kappa shape index (κ3) is 4.19. The van der Waals surface area contributed by atoms with Gasteiger partial charge in [0.05, 0.1) is 16.3 Å². The van der Waals surface area contributed by atoms with Gasteiger partial charge in [-0.15, -0.1) is 0 Å². The number of phenolic OH excluding ortho intramolecular Hbond substituents is 1. The number of aromatic hydroxyl groups is 1. The number of halogens is 2. The van der Waals surface area contributed by atoms with Crippen molar-refractivity contribution >= 4 is 22.4 Å². The summed E-state index contributed by atoms with van der Waals surface area (Å²) in [4.78, 5) is 12.3. The lowest BCUT2D eigenvalue weighted by molar-refractivity contribution is 0.0787. The van der Waals surface area contributed by atoms with Crippen LogP contribution in [0.5, 0.6) is 5.75 Å². The fraction of sp³-hybridized carbons (Fsp3) is 0.138. The Hall–Kier alpha value is -3.87. The first-order valence-corrected chi connectivity index (χ1v) is 11.7. The molecular weight excluding hydrogens is 479 g/mol. The zero-order valence-corrected chi connectivity index (χ0v) is 20.7. The van der Waals surface area contributed by atoms with Crippen molar-refractivity contribution in [1.82, 2.24) is 9.13 Å². The monoisotopic (exact) mass is 502 g/mol. The number of phenols is 1. The third-order valence-electron chi connectivity index (χ3n) is 6.40. The average Bonchev–Trinajstić information content (AvgIpc) is 3.17. The summed E-state index contributed by atoms with van der Waals surface area (Å²) in [5.41, 5.74) is 1.74. The summed E-state index contributed by atoms with van der Waals surface area (Å²) >= 11 is 6.50. The maximum absolute atomic E-state index is 14.8. The maximum Gasteiger partial charge on any atom is 0.332 e. The minimum absolute atomic E-state index is 0.0879. The number of aryl methyl sites for hydroxylation is 1. The van der Waals surface area contributed by atoms with Gasteiger partial charge in [-0.25, -0.2) is 9.18 Å². The molecule has 182 valence electrons. The van der Waals surface area contributed by atoms with Gasteiger partial charge in [0, 0.05) is 30.6 Å². The number of imidazole rings is 1. The second-order valence-electron chi connectivity index (χ2n) is 9.41. The number of fused-ring (bicyclic) bond motifs is 1. The number of aromatic nitrogens is 2. The molecule has 36 heavy (non-hydrogen) atoms. The molecule has 0 saturated carbocycles. The van der Waals surface area contributed by atoms with Crippen LogP contribution in [0.4, 0.5) is 4.39 Å². The van der Waals surface area contributed by atoms with E-state index >= 15 is 0 Å². The first-order valence-electron chi connectivity index (χ1n) is 11.4. The smallest absolute Gasteiger partial charge is 0.332 e. The Bertz CT molecular complexity index is 1700. The molecule has 5 rings (SSSR count). The topological polar surface area (TPSA) is 67.4 Å². The molecule has 1 heterocycles. The van der Waals surface area contributed by atoms with Crippen LogP contribution in [0.25, 0.3) is 38.7 Å². The lowest BCUT2D eigenvalue weighted by Crippen LogP contribution is -2.20. The minimum atomic E-state index is -1.01. The molecule has 0 aliphatic heterocycles. The van der Waals surface area contributed by atoms with Gasteiger partial charge in [0.1, 0.15) is 11.6 Å². The second kappa shape index (κ2) is 8.66. The molecular formula is C29H24ClFN2O3. The molecule has 0 unspecified atom stereocenters. The Labute approximate surface area is 212 Å². The molecule has 0 aliphatic rings. The highest BCUT2D eigenvalue weighted by Gasteiger charge is 2.18.